The molecule has 0 aromatic carbocycles. The van der Waals surface area contributed by atoms with Gasteiger partial charge in [0.05, 0.1) is 11.0 Å². The van der Waals surface area contributed by atoms with Crippen LogP contribution >= 0.6 is 23.5 Å². The lowest BCUT2D eigenvalue weighted by Crippen LogP contribution is -2.89. The van der Waals surface area contributed by atoms with Crippen molar-refractivity contribution in [3.63, 3.8) is 0 Å². The number of thioether (sulfide) groups is 2. The molecule has 3 aliphatic rings. The van der Waals surface area contributed by atoms with E-state index in [0.29, 0.717) is 10.7 Å². The van der Waals surface area contributed by atoms with Gasteiger partial charge in [-0.1, -0.05) is 18.7 Å². The third-order valence-electron chi connectivity index (χ3n) is 5.77. The zero-order valence-electron chi connectivity index (χ0n) is 17.6. The van der Waals surface area contributed by atoms with Crippen LogP contribution in [-0.2, 0) is 35.9 Å². The van der Waals surface area contributed by atoms with Crippen molar-refractivity contribution in [2.24, 2.45) is 7.05 Å². The number of rotatable bonds is 9. The highest BCUT2D eigenvalue weighted by molar-refractivity contribution is 8.01. The number of fused-ring (bicyclic) bond motifs is 1. The second-order valence-electron chi connectivity index (χ2n) is 7.43. The number of carbonyl (C=O) groups is 2. The first-order valence-corrected chi connectivity index (χ1v) is 13.2. The van der Waals surface area contributed by atoms with Gasteiger partial charge >= 0.3 is 5.97 Å². The van der Waals surface area contributed by atoms with Crippen LogP contribution in [-0.4, -0.2) is 104 Å². The predicted octanol–water partition coefficient (Wildman–Crippen LogP) is -1.35. The van der Waals surface area contributed by atoms with Crippen molar-refractivity contribution in [2.45, 2.75) is 34.2 Å². The molecule has 2 bridgehead atoms. The maximum absolute atomic E-state index is 13.2. The van der Waals surface area contributed by atoms with Crippen LogP contribution in [0.1, 0.15) is 6.92 Å². The SMILES string of the molecule is CCS(=O)(=O)CC1(OC)N[C@@]2(OC)C(=O)N3C(C(=O)O)=C(CSc4nnnn4C)C1S[C@H]32. The summed E-state index contributed by atoms with van der Waals surface area (Å²) in [6, 6.07) is 0. The highest BCUT2D eigenvalue weighted by Crippen LogP contribution is 2.57. The molecule has 2 saturated heterocycles. The zero-order chi connectivity index (χ0) is 23.5. The van der Waals surface area contributed by atoms with Crippen molar-refractivity contribution in [1.29, 1.82) is 0 Å². The van der Waals surface area contributed by atoms with Gasteiger partial charge in [0.25, 0.3) is 5.91 Å². The first kappa shape index (κ1) is 23.4. The second kappa shape index (κ2) is 7.95. The minimum Gasteiger partial charge on any atom is -0.477 e. The number of methoxy groups -OCH3 is 2. The molecule has 0 radical (unpaired) electrons. The molecule has 13 nitrogen and oxygen atoms in total. The standard InChI is InChI=1S/C16H22N6O7S3/c1-5-32(26,27)7-15(28-3)10-8(6-30-14-17-19-20-21(14)2)9(11(23)24)22-12(25)16(18-15,29-4)13(22)31-10/h10,13,18H,5-7H2,1-4H3,(H,23,24)/t10?,13-,15?,16+/m0/s1. The minimum atomic E-state index is -3.61. The van der Waals surface area contributed by atoms with Crippen molar-refractivity contribution in [1.82, 2.24) is 30.4 Å². The van der Waals surface area contributed by atoms with Gasteiger partial charge in [0.2, 0.25) is 10.9 Å². The number of nitrogens with one attached hydrogen (secondary N) is 1. The lowest BCUT2D eigenvalue weighted by atomic mass is 9.89. The topological polar surface area (TPSA) is 166 Å². The Labute approximate surface area is 192 Å². The number of carbonyl (C=O) groups excluding carboxylic acids is 1. The Morgan fingerprint density at radius 2 is 2.09 bits per heavy atom. The Morgan fingerprint density at radius 3 is 2.62 bits per heavy atom. The number of nitrogens with zero attached hydrogens (tertiary/aromatic N) is 5. The summed E-state index contributed by atoms with van der Waals surface area (Å²) >= 11 is 2.42. The summed E-state index contributed by atoms with van der Waals surface area (Å²) in [4.78, 5) is 26.7. The molecule has 32 heavy (non-hydrogen) atoms. The summed E-state index contributed by atoms with van der Waals surface area (Å²) in [7, 11) is 0.678. The van der Waals surface area contributed by atoms with Gasteiger partial charge in [-0.15, -0.1) is 16.9 Å². The molecule has 1 aromatic rings. The molecule has 0 spiro atoms. The van der Waals surface area contributed by atoms with Crippen LogP contribution in [0.25, 0.3) is 0 Å². The van der Waals surface area contributed by atoms with E-state index in [1.165, 1.54) is 54.2 Å². The van der Waals surface area contributed by atoms with Gasteiger partial charge in [-0.3, -0.25) is 9.69 Å². The number of aliphatic carboxylic acids is 1. The summed E-state index contributed by atoms with van der Waals surface area (Å²) in [5.41, 5.74) is -3.04. The molecule has 2 fully saturated rings. The molecule has 3 aliphatic heterocycles. The number of ether oxygens (including phenoxy) is 2. The van der Waals surface area contributed by atoms with Gasteiger partial charge in [-0.2, -0.15) is 0 Å². The maximum Gasteiger partial charge on any atom is 0.352 e. The molecule has 1 amide bonds. The van der Waals surface area contributed by atoms with E-state index in [2.05, 4.69) is 20.8 Å². The van der Waals surface area contributed by atoms with Crippen molar-refractivity contribution in [3.8, 4) is 0 Å². The molecular formula is C16H22N6O7S3. The van der Waals surface area contributed by atoms with E-state index >= 15 is 0 Å². The molecule has 0 saturated carbocycles. The lowest BCUT2D eigenvalue weighted by molar-refractivity contribution is -0.214. The van der Waals surface area contributed by atoms with Crippen LogP contribution in [0, 0.1) is 0 Å². The minimum absolute atomic E-state index is 0.100. The number of hydrogen-bond acceptors (Lipinski definition) is 12. The largest absolute Gasteiger partial charge is 0.477 e. The van der Waals surface area contributed by atoms with Crippen LogP contribution in [0.4, 0.5) is 0 Å². The maximum atomic E-state index is 13.2. The number of hydrogen-bond donors (Lipinski definition) is 2. The van der Waals surface area contributed by atoms with Crippen molar-refractivity contribution < 1.29 is 32.6 Å². The van der Waals surface area contributed by atoms with Crippen molar-refractivity contribution in [2.75, 3.05) is 31.5 Å². The number of aryl methyl sites for hydroxylation is 1. The van der Waals surface area contributed by atoms with E-state index in [-0.39, 0.29) is 17.2 Å². The fourth-order valence-electron chi connectivity index (χ4n) is 4.13. The van der Waals surface area contributed by atoms with Gasteiger partial charge in [0, 0.05) is 32.8 Å². The van der Waals surface area contributed by atoms with Gasteiger partial charge in [-0.25, -0.2) is 23.2 Å². The van der Waals surface area contributed by atoms with Gasteiger partial charge < -0.3 is 14.6 Å². The molecule has 2 unspecified atom stereocenters. The predicted molar refractivity (Wildman–Crippen MR) is 113 cm³/mol. The zero-order valence-corrected chi connectivity index (χ0v) is 20.1. The summed E-state index contributed by atoms with van der Waals surface area (Å²) in [5.74, 6) is -2.43. The monoisotopic (exact) mass is 506 g/mol. The Morgan fingerprint density at radius 1 is 1.38 bits per heavy atom. The molecule has 176 valence electrons. The Kier molecular flexibility index (Phi) is 5.82. The summed E-state index contributed by atoms with van der Waals surface area (Å²) in [5, 5.41) is 23.3. The van der Waals surface area contributed by atoms with Crippen molar-refractivity contribution >= 4 is 45.2 Å². The first-order chi connectivity index (χ1) is 15.1. The molecular weight excluding hydrogens is 484 g/mol. The number of amides is 1. The summed E-state index contributed by atoms with van der Waals surface area (Å²) in [6.45, 7) is 1.51. The van der Waals surface area contributed by atoms with Crippen LogP contribution in [0.2, 0.25) is 0 Å². The van der Waals surface area contributed by atoms with E-state index < -0.39 is 49.5 Å². The summed E-state index contributed by atoms with van der Waals surface area (Å²) in [6.07, 6.45) is 0. The Balaban J connectivity index is 1.86. The van der Waals surface area contributed by atoms with Crippen LogP contribution in [0.15, 0.2) is 16.4 Å². The fourth-order valence-corrected chi connectivity index (χ4v) is 8.30. The number of β-lactam (4-membered cyclic amide) rings is 1. The van der Waals surface area contributed by atoms with Crippen LogP contribution < -0.4 is 5.32 Å². The van der Waals surface area contributed by atoms with Crippen molar-refractivity contribution in [3.05, 3.63) is 11.3 Å². The first-order valence-electron chi connectivity index (χ1n) is 9.46. The normalized spacial score (nSPS) is 31.6. The van der Waals surface area contributed by atoms with E-state index in [1.807, 2.05) is 0 Å². The number of aromatic nitrogens is 4. The second-order valence-corrected chi connectivity index (χ2v) is 11.9. The summed E-state index contributed by atoms with van der Waals surface area (Å²) < 4.78 is 38.0. The van der Waals surface area contributed by atoms with Crippen LogP contribution in [0.3, 0.4) is 0 Å². The number of carboxylic acid groups (broad SMARTS) is 1. The van der Waals surface area contributed by atoms with E-state index in [9.17, 15) is 23.1 Å². The van der Waals surface area contributed by atoms with Crippen LogP contribution in [0.5, 0.6) is 0 Å². The van der Waals surface area contributed by atoms with Gasteiger partial charge in [-0.05, 0) is 16.0 Å². The lowest BCUT2D eigenvalue weighted by Gasteiger charge is -2.65. The Bertz CT molecular complexity index is 1110. The highest BCUT2D eigenvalue weighted by Gasteiger charge is 2.74. The molecule has 16 heteroatoms. The quantitative estimate of drug-likeness (QED) is 0.298. The Hall–Kier alpha value is -1.72. The molecule has 0 aliphatic carbocycles. The molecule has 4 rings (SSSR count). The van der Waals surface area contributed by atoms with E-state index in [1.54, 1.807) is 7.05 Å². The third-order valence-corrected chi connectivity index (χ3v) is 10.3. The smallest absolute Gasteiger partial charge is 0.352 e. The van der Waals surface area contributed by atoms with E-state index in [0.717, 1.165) is 0 Å². The number of sulfone groups is 1. The third kappa shape index (κ3) is 3.27. The number of carboxylic acids is 1. The van der Waals surface area contributed by atoms with Gasteiger partial charge in [0.15, 0.2) is 15.6 Å². The van der Waals surface area contributed by atoms with E-state index in [4.69, 9.17) is 9.47 Å². The molecule has 4 heterocycles. The molecule has 1 aromatic heterocycles. The molecule has 2 N–H and O–H groups in total. The highest BCUT2D eigenvalue weighted by atomic mass is 32.2. The fraction of sp³-hybridized carbons (Fsp3) is 0.688. The van der Waals surface area contributed by atoms with Gasteiger partial charge in [0.1, 0.15) is 11.1 Å². The number of tetrazole rings is 1. The molecule has 4 atom stereocenters. The average molecular weight is 507 g/mol. The average Bonchev–Trinajstić information content (AvgIpc) is 3.17.